The van der Waals surface area contributed by atoms with Crippen LogP contribution < -0.4 is 0 Å². The van der Waals surface area contributed by atoms with Gasteiger partial charge in [-0.05, 0) is 89.9 Å². The zero-order valence-corrected chi connectivity index (χ0v) is 20.4. The van der Waals surface area contributed by atoms with Crippen LogP contribution in [0.1, 0.15) is 80.1 Å². The molecule has 0 aromatic heterocycles. The van der Waals surface area contributed by atoms with Crippen LogP contribution in [0.4, 0.5) is 0 Å². The fourth-order valence-corrected chi connectivity index (χ4v) is 9.14. The first-order valence-corrected chi connectivity index (χ1v) is 12.4. The standard InChI is InChI=1S/C28H38O4/c1-15-11-22-25(3,14-21(15)31)7-9-28(6)24-20(30)12-17-16(2)23(32)19(29)13-18(17)26(24,4)8-10-27(22,28)5/h12-13,15,20,22,24,30,32H,7-11,14H2,1-6H3/t15-,20-,22-,24+,25+,26+,27+,28-/m1/s1. The number of Topliss-reactive ketones (excluding diaryl/α,β-unsaturated/α-hetero) is 1. The molecule has 0 saturated heterocycles. The predicted molar refractivity (Wildman–Crippen MR) is 124 cm³/mol. The molecule has 0 spiro atoms. The molecule has 4 nitrogen and oxygen atoms in total. The molecular formula is C28H38O4. The summed E-state index contributed by atoms with van der Waals surface area (Å²) in [6.07, 6.45) is 8.45. The molecule has 0 aromatic carbocycles. The number of carbonyl (C=O) groups is 2. The second kappa shape index (κ2) is 6.46. The molecule has 5 rings (SSSR count). The number of rotatable bonds is 0. The Bertz CT molecular complexity index is 1020. The monoisotopic (exact) mass is 438 g/mol. The van der Waals surface area contributed by atoms with E-state index in [4.69, 9.17) is 0 Å². The largest absolute Gasteiger partial charge is 0.504 e. The van der Waals surface area contributed by atoms with E-state index in [1.807, 2.05) is 6.08 Å². The van der Waals surface area contributed by atoms with E-state index in [9.17, 15) is 19.8 Å². The highest BCUT2D eigenvalue weighted by Gasteiger charge is 2.69. The van der Waals surface area contributed by atoms with Gasteiger partial charge >= 0.3 is 0 Å². The Morgan fingerprint density at radius 2 is 1.66 bits per heavy atom. The first-order chi connectivity index (χ1) is 14.8. The van der Waals surface area contributed by atoms with Gasteiger partial charge in [0.2, 0.25) is 5.78 Å². The summed E-state index contributed by atoms with van der Waals surface area (Å²) in [7, 11) is 0. The van der Waals surface area contributed by atoms with Gasteiger partial charge < -0.3 is 10.2 Å². The van der Waals surface area contributed by atoms with Crippen molar-refractivity contribution in [2.24, 2.45) is 39.4 Å². The van der Waals surface area contributed by atoms with Crippen molar-refractivity contribution < 1.29 is 19.8 Å². The van der Waals surface area contributed by atoms with Gasteiger partial charge in [-0.1, -0.05) is 34.6 Å². The number of hydrogen-bond acceptors (Lipinski definition) is 4. The van der Waals surface area contributed by atoms with Crippen LogP contribution in [0.2, 0.25) is 0 Å². The van der Waals surface area contributed by atoms with E-state index < -0.39 is 6.10 Å². The lowest BCUT2D eigenvalue weighted by atomic mass is 9.33. The maximum absolute atomic E-state index is 12.7. The second-order valence-electron chi connectivity index (χ2n) is 12.7. The number of ketones is 2. The Morgan fingerprint density at radius 3 is 2.34 bits per heavy atom. The maximum Gasteiger partial charge on any atom is 0.220 e. The molecule has 5 aliphatic rings. The average Bonchev–Trinajstić information content (AvgIpc) is 2.71. The molecule has 8 atom stereocenters. The molecule has 174 valence electrons. The molecule has 32 heavy (non-hydrogen) atoms. The van der Waals surface area contributed by atoms with Gasteiger partial charge in [0, 0.05) is 23.8 Å². The second-order valence-corrected chi connectivity index (χ2v) is 12.7. The van der Waals surface area contributed by atoms with E-state index in [0.717, 1.165) is 43.3 Å². The molecule has 0 radical (unpaired) electrons. The molecule has 0 aromatic rings. The fraction of sp³-hybridized carbons (Fsp3) is 0.714. The zero-order chi connectivity index (χ0) is 23.4. The van der Waals surface area contributed by atoms with Gasteiger partial charge in [-0.15, -0.1) is 0 Å². The van der Waals surface area contributed by atoms with Crippen molar-refractivity contribution in [2.45, 2.75) is 86.2 Å². The Labute approximate surface area is 191 Å². The highest BCUT2D eigenvalue weighted by molar-refractivity contribution is 6.06. The van der Waals surface area contributed by atoms with E-state index in [1.54, 1.807) is 13.0 Å². The summed E-state index contributed by atoms with van der Waals surface area (Å²) >= 11 is 0. The third-order valence-electron chi connectivity index (χ3n) is 11.2. The van der Waals surface area contributed by atoms with Crippen LogP contribution in [-0.2, 0) is 9.59 Å². The lowest BCUT2D eigenvalue weighted by Gasteiger charge is -2.71. The number of aliphatic hydroxyl groups is 2. The Balaban J connectivity index is 1.64. The van der Waals surface area contributed by atoms with Gasteiger partial charge in [0.05, 0.1) is 6.10 Å². The molecule has 2 N–H and O–H groups in total. The van der Waals surface area contributed by atoms with Crippen molar-refractivity contribution in [1.82, 2.24) is 0 Å². The lowest BCUT2D eigenvalue weighted by molar-refractivity contribution is -0.222. The van der Waals surface area contributed by atoms with Crippen LogP contribution in [0.3, 0.4) is 0 Å². The van der Waals surface area contributed by atoms with Crippen molar-refractivity contribution in [2.75, 3.05) is 0 Å². The highest BCUT2D eigenvalue weighted by atomic mass is 16.3. The van der Waals surface area contributed by atoms with Gasteiger partial charge in [-0.3, -0.25) is 9.59 Å². The highest BCUT2D eigenvalue weighted by Crippen LogP contribution is 2.75. The summed E-state index contributed by atoms with van der Waals surface area (Å²) in [6, 6.07) is 0. The summed E-state index contributed by atoms with van der Waals surface area (Å²) in [4.78, 5) is 25.2. The van der Waals surface area contributed by atoms with Crippen molar-refractivity contribution in [3.8, 4) is 0 Å². The average molecular weight is 439 g/mol. The molecule has 0 bridgehead atoms. The summed E-state index contributed by atoms with van der Waals surface area (Å²) in [5.41, 5.74) is 2.07. The van der Waals surface area contributed by atoms with Crippen molar-refractivity contribution in [3.05, 3.63) is 34.6 Å². The van der Waals surface area contributed by atoms with E-state index in [0.29, 0.717) is 23.7 Å². The number of fused-ring (bicyclic) bond motifs is 7. The molecule has 4 heteroatoms. The molecule has 0 amide bonds. The normalized spacial score (nSPS) is 50.6. The van der Waals surface area contributed by atoms with E-state index >= 15 is 0 Å². The van der Waals surface area contributed by atoms with E-state index in [1.165, 1.54) is 0 Å². The smallest absolute Gasteiger partial charge is 0.220 e. The van der Waals surface area contributed by atoms with Crippen LogP contribution in [-0.4, -0.2) is 27.9 Å². The van der Waals surface area contributed by atoms with Crippen LogP contribution in [0.5, 0.6) is 0 Å². The van der Waals surface area contributed by atoms with Crippen molar-refractivity contribution in [3.63, 3.8) is 0 Å². The SMILES string of the molecule is CC1=C(O)C(=O)C=C2C1=C[C@@H](O)[C@H]1[C@@]2(C)CC[C@@]2(C)[C@@H]3C[C@@H](C)C(=O)C[C@]3(C)CC[C@]12C. The first kappa shape index (κ1) is 22.1. The summed E-state index contributed by atoms with van der Waals surface area (Å²) in [6.45, 7) is 13.2. The van der Waals surface area contributed by atoms with Crippen LogP contribution in [0.25, 0.3) is 0 Å². The number of allylic oxidation sites excluding steroid dienone is 4. The predicted octanol–water partition coefficient (Wildman–Crippen LogP) is 5.47. The van der Waals surface area contributed by atoms with Crippen LogP contribution >= 0.6 is 0 Å². The molecule has 0 heterocycles. The van der Waals surface area contributed by atoms with Gasteiger partial charge in [0.15, 0.2) is 5.76 Å². The molecular weight excluding hydrogens is 400 g/mol. The number of carbonyl (C=O) groups excluding carboxylic acids is 2. The summed E-state index contributed by atoms with van der Waals surface area (Å²) in [5.74, 6) is 0.460. The molecule has 0 unspecified atom stereocenters. The van der Waals surface area contributed by atoms with Crippen LogP contribution in [0.15, 0.2) is 34.6 Å². The maximum atomic E-state index is 12.7. The Kier molecular flexibility index (Phi) is 4.47. The zero-order valence-electron chi connectivity index (χ0n) is 20.4. The third kappa shape index (κ3) is 2.48. The minimum absolute atomic E-state index is 0.00192. The van der Waals surface area contributed by atoms with E-state index in [-0.39, 0.29) is 45.0 Å². The van der Waals surface area contributed by atoms with Crippen molar-refractivity contribution in [1.29, 1.82) is 0 Å². The molecule has 0 aliphatic heterocycles. The Morgan fingerprint density at radius 1 is 1.00 bits per heavy atom. The number of hydrogen-bond donors (Lipinski definition) is 2. The van der Waals surface area contributed by atoms with E-state index in [2.05, 4.69) is 34.6 Å². The number of aliphatic hydroxyl groups excluding tert-OH is 2. The summed E-state index contributed by atoms with van der Waals surface area (Å²) in [5, 5.41) is 21.9. The molecule has 5 aliphatic carbocycles. The summed E-state index contributed by atoms with van der Waals surface area (Å²) < 4.78 is 0. The lowest BCUT2D eigenvalue weighted by Crippen LogP contribution is -2.66. The van der Waals surface area contributed by atoms with Gasteiger partial charge in [0.25, 0.3) is 0 Å². The van der Waals surface area contributed by atoms with Gasteiger partial charge in [-0.2, -0.15) is 0 Å². The van der Waals surface area contributed by atoms with Crippen molar-refractivity contribution >= 4 is 11.6 Å². The third-order valence-corrected chi connectivity index (χ3v) is 11.2. The Hall–Kier alpha value is -1.68. The quantitative estimate of drug-likeness (QED) is 0.526. The molecule has 3 saturated carbocycles. The van der Waals surface area contributed by atoms with Gasteiger partial charge in [0.1, 0.15) is 5.78 Å². The van der Waals surface area contributed by atoms with Gasteiger partial charge in [-0.25, -0.2) is 0 Å². The minimum Gasteiger partial charge on any atom is -0.504 e. The topological polar surface area (TPSA) is 74.6 Å². The first-order valence-electron chi connectivity index (χ1n) is 12.4. The molecule has 3 fully saturated rings. The fourth-order valence-electron chi connectivity index (χ4n) is 9.14. The minimum atomic E-state index is -0.625. The van der Waals surface area contributed by atoms with Crippen LogP contribution in [0, 0.1) is 39.4 Å².